The van der Waals surface area contributed by atoms with Gasteiger partial charge in [0.2, 0.25) is 5.88 Å². The molecule has 0 bridgehead atoms. The Balaban J connectivity index is 1.47. The molecular weight excluding hydrogens is 416 g/mol. The van der Waals surface area contributed by atoms with Crippen LogP contribution in [0.4, 0.5) is 0 Å². The van der Waals surface area contributed by atoms with E-state index in [1.54, 1.807) is 14.8 Å². The molecule has 1 aromatic rings. The van der Waals surface area contributed by atoms with Crippen LogP contribution in [-0.4, -0.2) is 68.0 Å². The van der Waals surface area contributed by atoms with Crippen molar-refractivity contribution in [3.05, 3.63) is 23.9 Å². The van der Waals surface area contributed by atoms with E-state index in [0.29, 0.717) is 70.3 Å². The second-order valence-corrected chi connectivity index (χ2v) is 11.0. The van der Waals surface area contributed by atoms with E-state index in [-0.39, 0.29) is 5.92 Å². The van der Waals surface area contributed by atoms with Crippen molar-refractivity contribution in [2.75, 3.05) is 46.0 Å². The van der Waals surface area contributed by atoms with Crippen LogP contribution in [0.15, 0.2) is 18.3 Å². The molecule has 0 radical (unpaired) electrons. The molecule has 0 unspecified atom stereocenters. The fourth-order valence-corrected chi connectivity index (χ4v) is 6.97. The topological polar surface area (TPSA) is 98.0 Å². The summed E-state index contributed by atoms with van der Waals surface area (Å²) in [5.74, 6) is 1.71. The van der Waals surface area contributed by atoms with Gasteiger partial charge in [-0.05, 0) is 29.9 Å². The standard InChI is InChI=1S/C22H36N4O4S/c23-14-18-6-7-24-22(13-18)30-17-19-12-21(20-4-2-1-3-5-20)16-26(15-19)31(27,28)25-8-10-29-11-9-25/h6-7,13,19-21H,1-5,8-12,14-17,23H2/t19-,21-/m0/s1. The number of hydrogen-bond donors (Lipinski definition) is 1. The first kappa shape index (κ1) is 22.9. The van der Waals surface area contributed by atoms with Crippen LogP contribution in [0.2, 0.25) is 0 Å². The fourth-order valence-electron chi connectivity index (χ4n) is 5.26. The summed E-state index contributed by atoms with van der Waals surface area (Å²) in [6.45, 7) is 3.84. The quantitative estimate of drug-likeness (QED) is 0.680. The molecule has 2 saturated heterocycles. The lowest BCUT2D eigenvalue weighted by Gasteiger charge is -2.43. The molecule has 3 heterocycles. The van der Waals surface area contributed by atoms with Crippen LogP contribution in [0.3, 0.4) is 0 Å². The first-order valence-corrected chi connectivity index (χ1v) is 13.1. The van der Waals surface area contributed by atoms with E-state index in [2.05, 4.69) is 4.98 Å². The third kappa shape index (κ3) is 5.76. The molecular formula is C22H36N4O4S. The number of morpholine rings is 1. The minimum Gasteiger partial charge on any atom is -0.477 e. The molecule has 3 aliphatic rings. The Morgan fingerprint density at radius 1 is 1.10 bits per heavy atom. The minimum atomic E-state index is -3.48. The van der Waals surface area contributed by atoms with Gasteiger partial charge in [-0.2, -0.15) is 17.0 Å². The predicted octanol–water partition coefficient (Wildman–Crippen LogP) is 2.01. The molecule has 8 nitrogen and oxygen atoms in total. The Morgan fingerprint density at radius 2 is 1.87 bits per heavy atom. The average molecular weight is 453 g/mol. The molecule has 9 heteroatoms. The number of nitrogens with two attached hydrogens (primary N) is 1. The summed E-state index contributed by atoms with van der Waals surface area (Å²) in [6, 6.07) is 3.74. The lowest BCUT2D eigenvalue weighted by molar-refractivity contribution is 0.0617. The number of ether oxygens (including phenoxy) is 2. The highest BCUT2D eigenvalue weighted by Gasteiger charge is 2.40. The van der Waals surface area contributed by atoms with E-state index in [4.69, 9.17) is 15.2 Å². The van der Waals surface area contributed by atoms with Crippen LogP contribution < -0.4 is 10.5 Å². The number of piperidine rings is 1. The third-order valence-corrected chi connectivity index (χ3v) is 8.95. The predicted molar refractivity (Wildman–Crippen MR) is 119 cm³/mol. The zero-order valence-electron chi connectivity index (χ0n) is 18.3. The normalized spacial score (nSPS) is 27.3. The summed E-state index contributed by atoms with van der Waals surface area (Å²) >= 11 is 0. The number of nitrogens with zero attached hydrogens (tertiary/aromatic N) is 3. The number of hydrogen-bond acceptors (Lipinski definition) is 6. The Labute approximate surface area is 186 Å². The van der Waals surface area contributed by atoms with Crippen LogP contribution in [0.25, 0.3) is 0 Å². The second kappa shape index (κ2) is 10.6. The molecule has 2 atom stereocenters. The van der Waals surface area contributed by atoms with E-state index < -0.39 is 10.2 Å². The maximum absolute atomic E-state index is 13.4. The van der Waals surface area contributed by atoms with Gasteiger partial charge in [-0.15, -0.1) is 0 Å². The summed E-state index contributed by atoms with van der Waals surface area (Å²) in [5.41, 5.74) is 6.70. The monoisotopic (exact) mass is 452 g/mol. The van der Waals surface area contributed by atoms with Gasteiger partial charge in [0.25, 0.3) is 10.2 Å². The number of rotatable bonds is 7. The summed E-state index contributed by atoms with van der Waals surface area (Å²) in [4.78, 5) is 4.29. The smallest absolute Gasteiger partial charge is 0.282 e. The molecule has 31 heavy (non-hydrogen) atoms. The first-order chi connectivity index (χ1) is 15.1. The summed E-state index contributed by atoms with van der Waals surface area (Å²) in [5, 5.41) is 0. The molecule has 0 spiro atoms. The molecule has 1 aliphatic carbocycles. The van der Waals surface area contributed by atoms with Crippen molar-refractivity contribution in [3.8, 4) is 5.88 Å². The van der Waals surface area contributed by atoms with Crippen molar-refractivity contribution in [3.63, 3.8) is 0 Å². The van der Waals surface area contributed by atoms with Gasteiger partial charge in [-0.3, -0.25) is 0 Å². The molecule has 0 amide bonds. The van der Waals surface area contributed by atoms with Crippen molar-refractivity contribution in [2.24, 2.45) is 23.5 Å². The maximum Gasteiger partial charge on any atom is 0.282 e. The number of pyridine rings is 1. The van der Waals surface area contributed by atoms with Crippen molar-refractivity contribution < 1.29 is 17.9 Å². The summed E-state index contributed by atoms with van der Waals surface area (Å²) < 4.78 is 41.5. The van der Waals surface area contributed by atoms with E-state index in [9.17, 15) is 8.42 Å². The molecule has 1 saturated carbocycles. The lowest BCUT2D eigenvalue weighted by atomic mass is 9.75. The van der Waals surface area contributed by atoms with Gasteiger partial charge in [0.1, 0.15) is 0 Å². The molecule has 1 aromatic heterocycles. The zero-order chi connectivity index (χ0) is 21.7. The Kier molecular flexibility index (Phi) is 7.81. The summed E-state index contributed by atoms with van der Waals surface area (Å²) in [6.07, 6.45) is 8.96. The highest BCUT2D eigenvalue weighted by molar-refractivity contribution is 7.86. The van der Waals surface area contributed by atoms with Crippen LogP contribution in [0.5, 0.6) is 5.88 Å². The first-order valence-electron chi connectivity index (χ1n) is 11.7. The van der Waals surface area contributed by atoms with Gasteiger partial charge in [0.15, 0.2) is 0 Å². The highest BCUT2D eigenvalue weighted by atomic mass is 32.2. The van der Waals surface area contributed by atoms with Crippen LogP contribution >= 0.6 is 0 Å². The van der Waals surface area contributed by atoms with Gasteiger partial charge < -0.3 is 15.2 Å². The lowest BCUT2D eigenvalue weighted by Crippen LogP contribution is -2.54. The average Bonchev–Trinajstić information content (AvgIpc) is 2.84. The largest absolute Gasteiger partial charge is 0.477 e. The van der Waals surface area contributed by atoms with Crippen molar-refractivity contribution in [1.82, 2.24) is 13.6 Å². The van der Waals surface area contributed by atoms with Gasteiger partial charge in [-0.1, -0.05) is 32.1 Å². The molecule has 2 N–H and O–H groups in total. The summed E-state index contributed by atoms with van der Waals surface area (Å²) in [7, 11) is -3.48. The Morgan fingerprint density at radius 3 is 2.61 bits per heavy atom. The third-order valence-electron chi connectivity index (χ3n) is 6.98. The minimum absolute atomic E-state index is 0.153. The molecule has 2 aliphatic heterocycles. The van der Waals surface area contributed by atoms with E-state index in [1.807, 2.05) is 12.1 Å². The van der Waals surface area contributed by atoms with Crippen LogP contribution in [0.1, 0.15) is 44.1 Å². The Bertz CT molecular complexity index is 809. The van der Waals surface area contributed by atoms with Gasteiger partial charge in [0, 0.05) is 50.9 Å². The van der Waals surface area contributed by atoms with Crippen LogP contribution in [-0.2, 0) is 21.5 Å². The van der Waals surface area contributed by atoms with Crippen molar-refractivity contribution in [2.45, 2.75) is 45.1 Å². The highest BCUT2D eigenvalue weighted by Crippen LogP contribution is 2.37. The number of aromatic nitrogens is 1. The van der Waals surface area contributed by atoms with Gasteiger partial charge in [-0.25, -0.2) is 4.98 Å². The van der Waals surface area contributed by atoms with E-state index in [1.165, 1.54) is 32.1 Å². The maximum atomic E-state index is 13.4. The van der Waals surface area contributed by atoms with E-state index in [0.717, 1.165) is 12.0 Å². The molecule has 4 rings (SSSR count). The second-order valence-electron chi connectivity index (χ2n) is 9.11. The van der Waals surface area contributed by atoms with E-state index >= 15 is 0 Å². The van der Waals surface area contributed by atoms with Crippen molar-refractivity contribution >= 4 is 10.2 Å². The van der Waals surface area contributed by atoms with Crippen molar-refractivity contribution in [1.29, 1.82) is 0 Å². The fraction of sp³-hybridized carbons (Fsp3) is 0.773. The molecule has 0 aromatic carbocycles. The van der Waals surface area contributed by atoms with Gasteiger partial charge >= 0.3 is 0 Å². The Hall–Kier alpha value is -1.26. The van der Waals surface area contributed by atoms with Gasteiger partial charge in [0.05, 0.1) is 19.8 Å². The zero-order valence-corrected chi connectivity index (χ0v) is 19.1. The van der Waals surface area contributed by atoms with Crippen LogP contribution in [0, 0.1) is 17.8 Å². The molecule has 174 valence electrons. The molecule has 3 fully saturated rings. The SMILES string of the molecule is NCc1ccnc(OC[C@H]2C[C@H](C3CCCCC3)CN(S(=O)(=O)N3CCOCC3)C2)c1.